The van der Waals surface area contributed by atoms with Crippen LogP contribution in [0.15, 0.2) is 53.1 Å². The molecule has 1 atom stereocenters. The second-order valence-electron chi connectivity index (χ2n) is 7.37. The van der Waals surface area contributed by atoms with Gasteiger partial charge >= 0.3 is 0 Å². The summed E-state index contributed by atoms with van der Waals surface area (Å²) in [6, 6.07) is 10.6. The van der Waals surface area contributed by atoms with Crippen LogP contribution in [-0.4, -0.2) is 52.4 Å². The van der Waals surface area contributed by atoms with Gasteiger partial charge in [-0.25, -0.2) is 4.98 Å². The maximum atomic E-state index is 5.94. The molecule has 1 aliphatic heterocycles. The molecule has 166 valence electrons. The van der Waals surface area contributed by atoms with E-state index in [2.05, 4.69) is 56.0 Å². The zero-order valence-corrected chi connectivity index (χ0v) is 21.0. The van der Waals surface area contributed by atoms with Crippen LogP contribution >= 0.6 is 35.3 Å². The first kappa shape index (κ1) is 23.7. The second kappa shape index (κ2) is 11.6. The van der Waals surface area contributed by atoms with E-state index in [9.17, 15) is 0 Å². The highest BCUT2D eigenvalue weighted by Gasteiger charge is 2.25. The van der Waals surface area contributed by atoms with Crippen molar-refractivity contribution >= 4 is 41.3 Å². The zero-order valence-electron chi connectivity index (χ0n) is 17.9. The van der Waals surface area contributed by atoms with Crippen molar-refractivity contribution in [1.29, 1.82) is 0 Å². The lowest BCUT2D eigenvalue weighted by Crippen LogP contribution is -2.47. The molecule has 0 amide bonds. The maximum Gasteiger partial charge on any atom is 0.194 e. The third-order valence-electron chi connectivity index (χ3n) is 5.17. The van der Waals surface area contributed by atoms with Crippen molar-refractivity contribution in [3.63, 3.8) is 0 Å². The lowest BCUT2D eigenvalue weighted by molar-refractivity contribution is -0.00805. The molecule has 0 saturated carbocycles. The van der Waals surface area contributed by atoms with Crippen LogP contribution < -0.4 is 5.32 Å². The normalized spacial score (nSPS) is 16.8. The molecule has 3 heterocycles. The molecule has 3 aromatic rings. The lowest BCUT2D eigenvalue weighted by atomic mass is 10.1. The summed E-state index contributed by atoms with van der Waals surface area (Å²) in [5.74, 6) is 0.881. The number of thiazole rings is 1. The van der Waals surface area contributed by atoms with Gasteiger partial charge in [-0.2, -0.15) is 5.10 Å². The van der Waals surface area contributed by atoms with E-state index in [1.54, 1.807) is 11.3 Å². The molecule has 4 rings (SSSR count). The van der Waals surface area contributed by atoms with Gasteiger partial charge in [0.2, 0.25) is 0 Å². The molecule has 1 aromatic carbocycles. The number of guanidine groups is 1. The minimum atomic E-state index is 0. The minimum Gasteiger partial charge on any atom is -0.370 e. The third-order valence-corrected chi connectivity index (χ3v) is 6.13. The van der Waals surface area contributed by atoms with Gasteiger partial charge in [-0.1, -0.05) is 30.3 Å². The zero-order chi connectivity index (χ0) is 20.8. The van der Waals surface area contributed by atoms with Gasteiger partial charge in [0, 0.05) is 44.2 Å². The van der Waals surface area contributed by atoms with E-state index < -0.39 is 0 Å². The number of halogens is 1. The molecule has 2 aromatic heterocycles. The smallest absolute Gasteiger partial charge is 0.194 e. The van der Waals surface area contributed by atoms with E-state index in [0.29, 0.717) is 13.2 Å². The fraction of sp³-hybridized carbons (Fsp3) is 0.409. The standard InChI is InChI=1S/C22H28N6OS.HI/c1-23-22(28-10-11-29-20(15-28)18-12-25-27(2)14-18)24-13-19-16-30-21(26-19)9-8-17-6-4-3-5-7-17;/h3-7,12,14,16,20H,8-11,13,15H2,1-2H3,(H,23,24);1H. The fourth-order valence-electron chi connectivity index (χ4n) is 3.59. The van der Waals surface area contributed by atoms with Gasteiger partial charge in [-0.05, 0) is 12.0 Å². The van der Waals surface area contributed by atoms with Crippen molar-refractivity contribution in [2.24, 2.45) is 12.0 Å². The molecule has 1 fully saturated rings. The molecule has 0 bridgehead atoms. The fourth-order valence-corrected chi connectivity index (χ4v) is 4.39. The number of rotatable bonds is 6. The number of morpholine rings is 1. The third kappa shape index (κ3) is 6.50. The summed E-state index contributed by atoms with van der Waals surface area (Å²) in [5, 5.41) is 11.0. The summed E-state index contributed by atoms with van der Waals surface area (Å²) >= 11 is 1.73. The van der Waals surface area contributed by atoms with Crippen LogP contribution in [0.2, 0.25) is 0 Å². The van der Waals surface area contributed by atoms with E-state index in [-0.39, 0.29) is 30.1 Å². The van der Waals surface area contributed by atoms with Crippen LogP contribution in [0.1, 0.15) is 27.9 Å². The average Bonchev–Trinajstić information content (AvgIpc) is 3.43. The number of aliphatic imine (C=N–C) groups is 1. The van der Waals surface area contributed by atoms with Gasteiger partial charge in [-0.3, -0.25) is 9.67 Å². The van der Waals surface area contributed by atoms with E-state index in [4.69, 9.17) is 9.72 Å². The topological polar surface area (TPSA) is 67.6 Å². The van der Waals surface area contributed by atoms with Crippen molar-refractivity contribution in [2.75, 3.05) is 26.7 Å². The average molecular weight is 552 g/mol. The Morgan fingerprint density at radius 2 is 2.13 bits per heavy atom. The van der Waals surface area contributed by atoms with Gasteiger partial charge in [0.1, 0.15) is 6.10 Å². The van der Waals surface area contributed by atoms with Gasteiger partial charge in [-0.15, -0.1) is 35.3 Å². The van der Waals surface area contributed by atoms with Crippen molar-refractivity contribution < 1.29 is 4.74 Å². The Balaban J connectivity index is 0.00000272. The molecule has 7 nitrogen and oxygen atoms in total. The lowest BCUT2D eigenvalue weighted by Gasteiger charge is -2.34. The Kier molecular flexibility index (Phi) is 8.85. The number of benzene rings is 1. The van der Waals surface area contributed by atoms with Crippen molar-refractivity contribution in [1.82, 2.24) is 25.0 Å². The molecule has 31 heavy (non-hydrogen) atoms. The summed E-state index contributed by atoms with van der Waals surface area (Å²) in [6.45, 7) is 2.91. The van der Waals surface area contributed by atoms with Crippen LogP contribution in [0, 0.1) is 0 Å². The number of aromatic nitrogens is 3. The summed E-state index contributed by atoms with van der Waals surface area (Å²) in [4.78, 5) is 11.5. The van der Waals surface area contributed by atoms with Crippen molar-refractivity contribution in [3.05, 3.63) is 69.9 Å². The SMILES string of the molecule is CN=C(NCc1csc(CCc2ccccc2)n1)N1CCOC(c2cnn(C)c2)C1.I. The maximum absolute atomic E-state index is 5.94. The Morgan fingerprint density at radius 1 is 1.29 bits per heavy atom. The number of aryl methyl sites for hydroxylation is 3. The van der Waals surface area contributed by atoms with Gasteiger partial charge < -0.3 is 15.0 Å². The van der Waals surface area contributed by atoms with Gasteiger partial charge in [0.15, 0.2) is 5.96 Å². The molecule has 1 aliphatic rings. The summed E-state index contributed by atoms with van der Waals surface area (Å²) in [7, 11) is 3.75. The summed E-state index contributed by atoms with van der Waals surface area (Å²) in [5.41, 5.74) is 3.50. The number of ether oxygens (including phenoxy) is 1. The van der Waals surface area contributed by atoms with Crippen LogP contribution in [0.5, 0.6) is 0 Å². The molecule has 9 heteroatoms. The van der Waals surface area contributed by atoms with E-state index in [1.165, 1.54) is 10.6 Å². The monoisotopic (exact) mass is 552 g/mol. The predicted molar refractivity (Wildman–Crippen MR) is 135 cm³/mol. The van der Waals surface area contributed by atoms with Crippen LogP contribution in [0.3, 0.4) is 0 Å². The number of hydrogen-bond donors (Lipinski definition) is 1. The first-order chi connectivity index (χ1) is 14.7. The van der Waals surface area contributed by atoms with E-state index in [0.717, 1.165) is 43.1 Å². The molecular formula is C22H29IN6OS. The highest BCUT2D eigenvalue weighted by atomic mass is 127. The first-order valence-electron chi connectivity index (χ1n) is 10.2. The highest BCUT2D eigenvalue weighted by molar-refractivity contribution is 14.0. The molecular weight excluding hydrogens is 523 g/mol. The molecule has 1 saturated heterocycles. The largest absolute Gasteiger partial charge is 0.370 e. The number of nitrogens with one attached hydrogen (secondary N) is 1. The van der Waals surface area contributed by atoms with E-state index >= 15 is 0 Å². The van der Waals surface area contributed by atoms with Gasteiger partial charge in [0.25, 0.3) is 0 Å². The Bertz CT molecular complexity index is 973. The quantitative estimate of drug-likeness (QED) is 0.289. The molecule has 1 unspecified atom stereocenters. The Morgan fingerprint density at radius 3 is 2.87 bits per heavy atom. The predicted octanol–water partition coefficient (Wildman–Crippen LogP) is 3.43. The van der Waals surface area contributed by atoms with Crippen LogP contribution in [0.4, 0.5) is 0 Å². The molecule has 0 aliphatic carbocycles. The summed E-state index contributed by atoms with van der Waals surface area (Å²) < 4.78 is 7.75. The first-order valence-corrected chi connectivity index (χ1v) is 11.1. The molecule has 0 radical (unpaired) electrons. The van der Waals surface area contributed by atoms with Gasteiger partial charge in [0.05, 0.1) is 36.6 Å². The Hall–Kier alpha value is -1.98. The van der Waals surface area contributed by atoms with Crippen molar-refractivity contribution in [3.8, 4) is 0 Å². The summed E-state index contributed by atoms with van der Waals surface area (Å²) in [6.07, 6.45) is 5.88. The van der Waals surface area contributed by atoms with Crippen LogP contribution in [-0.2, 0) is 31.2 Å². The van der Waals surface area contributed by atoms with Crippen molar-refractivity contribution in [2.45, 2.75) is 25.5 Å². The highest BCUT2D eigenvalue weighted by Crippen LogP contribution is 2.21. The minimum absolute atomic E-state index is 0. The number of hydrogen-bond acceptors (Lipinski definition) is 5. The molecule has 1 N–H and O–H groups in total. The van der Waals surface area contributed by atoms with Crippen LogP contribution in [0.25, 0.3) is 0 Å². The Labute approximate surface area is 204 Å². The molecule has 0 spiro atoms. The second-order valence-corrected chi connectivity index (χ2v) is 8.31. The number of nitrogens with zero attached hydrogens (tertiary/aromatic N) is 5. The van der Waals surface area contributed by atoms with E-state index in [1.807, 2.05) is 31.2 Å².